The van der Waals surface area contributed by atoms with Crippen LogP contribution in [0.3, 0.4) is 0 Å². The fourth-order valence-corrected chi connectivity index (χ4v) is 4.54. The van der Waals surface area contributed by atoms with E-state index in [-0.39, 0.29) is 0 Å². The second-order valence-corrected chi connectivity index (χ2v) is 7.46. The smallest absolute Gasteiger partial charge is 0.0715 e. The number of hydrogen-bond donors (Lipinski definition) is 0. The molecule has 0 saturated carbocycles. The van der Waals surface area contributed by atoms with Crippen LogP contribution in [0, 0.1) is 0 Å². The van der Waals surface area contributed by atoms with Gasteiger partial charge in [0.15, 0.2) is 0 Å². The lowest BCUT2D eigenvalue weighted by molar-refractivity contribution is 1.33. The van der Waals surface area contributed by atoms with Crippen LogP contribution in [0.1, 0.15) is 0 Å². The molecule has 140 valence electrons. The minimum absolute atomic E-state index is 0.969. The van der Waals surface area contributed by atoms with Crippen LogP contribution in [0.2, 0.25) is 0 Å². The molecule has 0 radical (unpaired) electrons. The van der Waals surface area contributed by atoms with Crippen molar-refractivity contribution in [1.82, 2.24) is 9.97 Å². The molecular weight excluding hydrogens is 364 g/mol. The molecular formula is C28H18N2. The maximum atomic E-state index is 4.67. The molecule has 4 aromatic carbocycles. The Balaban J connectivity index is 1.85. The Morgan fingerprint density at radius 1 is 0.467 bits per heavy atom. The van der Waals surface area contributed by atoms with Gasteiger partial charge in [0, 0.05) is 29.5 Å². The van der Waals surface area contributed by atoms with Gasteiger partial charge in [-0.3, -0.25) is 9.97 Å². The number of rotatable bonds is 2. The van der Waals surface area contributed by atoms with E-state index in [1.54, 1.807) is 0 Å². The van der Waals surface area contributed by atoms with Crippen molar-refractivity contribution in [3.8, 4) is 22.4 Å². The zero-order valence-electron chi connectivity index (χ0n) is 16.3. The van der Waals surface area contributed by atoms with Gasteiger partial charge in [0.1, 0.15) is 0 Å². The lowest BCUT2D eigenvalue weighted by Crippen LogP contribution is -1.93. The third-order valence-corrected chi connectivity index (χ3v) is 5.81. The molecule has 2 aromatic heterocycles. The molecule has 0 N–H and O–H groups in total. The van der Waals surface area contributed by atoms with Crippen LogP contribution in [0.25, 0.3) is 54.7 Å². The van der Waals surface area contributed by atoms with Crippen LogP contribution in [0.4, 0.5) is 0 Å². The normalized spacial score (nSPS) is 11.3. The van der Waals surface area contributed by atoms with Gasteiger partial charge in [0.2, 0.25) is 0 Å². The number of benzene rings is 4. The summed E-state index contributed by atoms with van der Waals surface area (Å²) in [5.41, 5.74) is 4.60. The molecule has 6 rings (SSSR count). The Hall–Kier alpha value is -4.04. The molecule has 0 spiro atoms. The van der Waals surface area contributed by atoms with Gasteiger partial charge >= 0.3 is 0 Å². The van der Waals surface area contributed by atoms with Crippen LogP contribution in [-0.2, 0) is 0 Å². The first-order chi connectivity index (χ1) is 14.9. The molecule has 2 nitrogen and oxygen atoms in total. The molecule has 0 aliphatic carbocycles. The Morgan fingerprint density at radius 2 is 1.17 bits per heavy atom. The predicted octanol–water partition coefficient (Wildman–Crippen LogP) is 7.27. The summed E-state index contributed by atoms with van der Waals surface area (Å²) in [4.78, 5) is 9.15. The highest BCUT2D eigenvalue weighted by atomic mass is 14.7. The maximum Gasteiger partial charge on any atom is 0.0715 e. The number of aromatic nitrogens is 2. The summed E-state index contributed by atoms with van der Waals surface area (Å²) in [7, 11) is 0. The van der Waals surface area contributed by atoms with Gasteiger partial charge in [-0.15, -0.1) is 0 Å². The summed E-state index contributed by atoms with van der Waals surface area (Å²) in [6.07, 6.45) is 5.71. The van der Waals surface area contributed by atoms with Crippen molar-refractivity contribution in [3.05, 3.63) is 110 Å². The average molecular weight is 382 g/mol. The zero-order valence-corrected chi connectivity index (χ0v) is 16.3. The molecule has 2 heteroatoms. The molecule has 0 bridgehead atoms. The summed E-state index contributed by atoms with van der Waals surface area (Å²) in [5, 5.41) is 7.25. The number of pyridine rings is 2. The topological polar surface area (TPSA) is 25.8 Å². The van der Waals surface area contributed by atoms with Gasteiger partial charge in [-0.1, -0.05) is 72.8 Å². The van der Waals surface area contributed by atoms with Gasteiger partial charge in [0.05, 0.1) is 5.69 Å². The SMILES string of the molecule is c1ccc(-c2c3ccccc3c(-c3cccc4ccccc34)c3ccncc23)nc1. The molecule has 0 fully saturated rings. The first-order valence-electron chi connectivity index (χ1n) is 10.1. The summed E-state index contributed by atoms with van der Waals surface area (Å²) in [6.45, 7) is 0. The largest absolute Gasteiger partial charge is 0.264 e. The molecule has 0 aliphatic rings. The van der Waals surface area contributed by atoms with Gasteiger partial charge in [0.25, 0.3) is 0 Å². The highest BCUT2D eigenvalue weighted by Crippen LogP contribution is 2.44. The van der Waals surface area contributed by atoms with Crippen LogP contribution in [0.15, 0.2) is 110 Å². The van der Waals surface area contributed by atoms with E-state index in [1.165, 1.54) is 38.1 Å². The van der Waals surface area contributed by atoms with Gasteiger partial charge < -0.3 is 0 Å². The van der Waals surface area contributed by atoms with Gasteiger partial charge in [-0.2, -0.15) is 0 Å². The zero-order chi connectivity index (χ0) is 19.9. The maximum absolute atomic E-state index is 4.67. The number of nitrogens with zero attached hydrogens (tertiary/aromatic N) is 2. The fourth-order valence-electron chi connectivity index (χ4n) is 4.54. The quantitative estimate of drug-likeness (QED) is 0.294. The standard InChI is InChI=1S/C28H18N2/c1-2-10-20-19(8-1)9-7-13-21(20)27-22-11-3-4-12-23(22)28(26-14-5-6-16-30-26)25-18-29-17-15-24(25)27/h1-18H. The van der Waals surface area contributed by atoms with Crippen LogP contribution in [-0.4, -0.2) is 9.97 Å². The summed E-state index contributed by atoms with van der Waals surface area (Å²) >= 11 is 0. The summed E-state index contributed by atoms with van der Waals surface area (Å²) < 4.78 is 0. The second-order valence-electron chi connectivity index (χ2n) is 7.46. The molecule has 0 amide bonds. The molecule has 0 aliphatic heterocycles. The highest BCUT2D eigenvalue weighted by molar-refractivity contribution is 6.23. The molecule has 0 saturated heterocycles. The Morgan fingerprint density at radius 3 is 2.00 bits per heavy atom. The molecule has 6 aromatic rings. The molecule has 2 heterocycles. The molecule has 30 heavy (non-hydrogen) atoms. The molecule has 0 atom stereocenters. The predicted molar refractivity (Wildman–Crippen MR) is 125 cm³/mol. The third-order valence-electron chi connectivity index (χ3n) is 5.81. The second kappa shape index (κ2) is 6.78. The van der Waals surface area contributed by atoms with Crippen LogP contribution < -0.4 is 0 Å². The van der Waals surface area contributed by atoms with Crippen LogP contribution in [0.5, 0.6) is 0 Å². The molecule has 0 unspecified atom stereocenters. The van der Waals surface area contributed by atoms with Crippen molar-refractivity contribution < 1.29 is 0 Å². The van der Waals surface area contributed by atoms with Crippen molar-refractivity contribution in [2.24, 2.45) is 0 Å². The van der Waals surface area contributed by atoms with E-state index in [4.69, 9.17) is 0 Å². The van der Waals surface area contributed by atoms with Crippen molar-refractivity contribution in [1.29, 1.82) is 0 Å². The first-order valence-corrected chi connectivity index (χ1v) is 10.1. The van der Waals surface area contributed by atoms with E-state index < -0.39 is 0 Å². The first kappa shape index (κ1) is 16.9. The summed E-state index contributed by atoms with van der Waals surface area (Å²) in [5.74, 6) is 0. The number of hydrogen-bond acceptors (Lipinski definition) is 2. The van der Waals surface area contributed by atoms with Gasteiger partial charge in [-0.05, 0) is 56.3 Å². The summed E-state index contributed by atoms with van der Waals surface area (Å²) in [6, 6.07) is 32.0. The van der Waals surface area contributed by atoms with E-state index in [2.05, 4.69) is 88.8 Å². The highest BCUT2D eigenvalue weighted by Gasteiger charge is 2.18. The van der Waals surface area contributed by atoms with E-state index in [1.807, 2.05) is 30.7 Å². The Bertz CT molecular complexity index is 1470. The van der Waals surface area contributed by atoms with Crippen molar-refractivity contribution in [2.45, 2.75) is 0 Å². The lowest BCUT2D eigenvalue weighted by Gasteiger charge is -2.18. The minimum Gasteiger partial charge on any atom is -0.264 e. The van der Waals surface area contributed by atoms with Crippen molar-refractivity contribution >= 4 is 32.3 Å². The average Bonchev–Trinajstić information content (AvgIpc) is 2.83. The van der Waals surface area contributed by atoms with Crippen molar-refractivity contribution in [2.75, 3.05) is 0 Å². The van der Waals surface area contributed by atoms with Crippen LogP contribution >= 0.6 is 0 Å². The fraction of sp³-hybridized carbons (Fsp3) is 0. The van der Waals surface area contributed by atoms with E-state index >= 15 is 0 Å². The minimum atomic E-state index is 0.969. The van der Waals surface area contributed by atoms with E-state index in [0.29, 0.717) is 0 Å². The van der Waals surface area contributed by atoms with E-state index in [9.17, 15) is 0 Å². The van der Waals surface area contributed by atoms with Crippen molar-refractivity contribution in [3.63, 3.8) is 0 Å². The Kier molecular flexibility index (Phi) is 3.82. The number of fused-ring (bicyclic) bond motifs is 3. The van der Waals surface area contributed by atoms with Gasteiger partial charge in [-0.25, -0.2) is 0 Å². The Labute approximate surface area is 174 Å². The third kappa shape index (κ3) is 2.51. The van der Waals surface area contributed by atoms with E-state index in [0.717, 1.165) is 16.6 Å². The lowest BCUT2D eigenvalue weighted by atomic mass is 9.86. The monoisotopic (exact) mass is 382 g/mol.